The predicted molar refractivity (Wildman–Crippen MR) is 109 cm³/mol. The lowest BCUT2D eigenvalue weighted by Crippen LogP contribution is -2.55. The molecule has 0 bridgehead atoms. The molecule has 1 aromatic carbocycles. The normalized spacial score (nSPS) is 16.3. The number of piperazine rings is 1. The Hall–Kier alpha value is -1.53. The standard InChI is InChI=1S/C20H31N3O2S/c1-4-9-22-10-12-23(13-11-22)20(25)18(8-14-26-3)21-19(24)17-7-5-6-16(2)15-17/h5-7,15,18H,4,8-14H2,1-3H3,(H,21,24)/t18-/m0/s1. The molecule has 6 heteroatoms. The number of nitrogens with zero attached hydrogens (tertiary/aromatic N) is 2. The van der Waals surface area contributed by atoms with E-state index in [2.05, 4.69) is 17.1 Å². The SMILES string of the molecule is CCCN1CCN(C(=O)[C@H](CCSC)NC(=O)c2cccc(C)c2)CC1. The van der Waals surface area contributed by atoms with Crippen molar-refractivity contribution in [3.8, 4) is 0 Å². The van der Waals surface area contributed by atoms with Crippen LogP contribution in [-0.4, -0.2) is 72.4 Å². The molecule has 1 aliphatic rings. The maximum absolute atomic E-state index is 13.0. The molecule has 1 aromatic rings. The topological polar surface area (TPSA) is 52.6 Å². The zero-order valence-electron chi connectivity index (χ0n) is 16.2. The number of rotatable bonds is 8. The summed E-state index contributed by atoms with van der Waals surface area (Å²) in [6.45, 7) is 8.55. The van der Waals surface area contributed by atoms with Gasteiger partial charge in [0.1, 0.15) is 6.04 Å². The summed E-state index contributed by atoms with van der Waals surface area (Å²) in [5, 5.41) is 2.97. The monoisotopic (exact) mass is 377 g/mol. The Morgan fingerprint density at radius 2 is 1.96 bits per heavy atom. The van der Waals surface area contributed by atoms with Crippen molar-refractivity contribution in [2.45, 2.75) is 32.7 Å². The van der Waals surface area contributed by atoms with Crippen LogP contribution in [-0.2, 0) is 4.79 Å². The molecule has 1 saturated heterocycles. The van der Waals surface area contributed by atoms with Gasteiger partial charge in [-0.15, -0.1) is 0 Å². The summed E-state index contributed by atoms with van der Waals surface area (Å²) in [5.74, 6) is 0.731. The molecule has 0 radical (unpaired) electrons. The second-order valence-corrected chi connectivity index (χ2v) is 7.83. The molecule has 0 unspecified atom stereocenters. The largest absolute Gasteiger partial charge is 0.340 e. The number of hydrogen-bond acceptors (Lipinski definition) is 4. The molecular weight excluding hydrogens is 346 g/mol. The number of hydrogen-bond donors (Lipinski definition) is 1. The second kappa shape index (κ2) is 10.6. The second-order valence-electron chi connectivity index (χ2n) is 6.84. The van der Waals surface area contributed by atoms with Gasteiger partial charge in [0.2, 0.25) is 5.91 Å². The van der Waals surface area contributed by atoms with E-state index in [1.54, 1.807) is 17.8 Å². The first-order valence-electron chi connectivity index (χ1n) is 9.42. The lowest BCUT2D eigenvalue weighted by atomic mass is 10.1. The minimum absolute atomic E-state index is 0.0520. The quantitative estimate of drug-likeness (QED) is 0.756. The summed E-state index contributed by atoms with van der Waals surface area (Å²) in [4.78, 5) is 29.9. The highest BCUT2D eigenvalue weighted by molar-refractivity contribution is 7.98. The summed E-state index contributed by atoms with van der Waals surface area (Å²) in [7, 11) is 0. The molecule has 1 heterocycles. The van der Waals surface area contributed by atoms with Crippen LogP contribution < -0.4 is 5.32 Å². The Morgan fingerprint density at radius 1 is 1.23 bits per heavy atom. The molecule has 0 aliphatic carbocycles. The minimum Gasteiger partial charge on any atom is -0.340 e. The molecule has 1 aliphatic heterocycles. The van der Waals surface area contributed by atoms with Crippen LogP contribution >= 0.6 is 11.8 Å². The van der Waals surface area contributed by atoms with Crippen molar-refractivity contribution in [2.75, 3.05) is 44.7 Å². The lowest BCUT2D eigenvalue weighted by molar-refractivity contribution is -0.135. The van der Waals surface area contributed by atoms with Gasteiger partial charge >= 0.3 is 0 Å². The number of carbonyl (C=O) groups excluding carboxylic acids is 2. The van der Waals surface area contributed by atoms with E-state index in [9.17, 15) is 9.59 Å². The van der Waals surface area contributed by atoms with Gasteiger partial charge in [0, 0.05) is 31.7 Å². The summed E-state index contributed by atoms with van der Waals surface area (Å²) >= 11 is 1.70. The van der Waals surface area contributed by atoms with Crippen LogP contribution in [0, 0.1) is 6.92 Å². The number of nitrogens with one attached hydrogen (secondary N) is 1. The molecule has 144 valence electrons. The van der Waals surface area contributed by atoms with Gasteiger partial charge in [0.15, 0.2) is 0 Å². The first-order valence-corrected chi connectivity index (χ1v) is 10.8. The van der Waals surface area contributed by atoms with Gasteiger partial charge < -0.3 is 10.2 Å². The Balaban J connectivity index is 1.99. The van der Waals surface area contributed by atoms with E-state index in [4.69, 9.17) is 0 Å². The highest BCUT2D eigenvalue weighted by atomic mass is 32.2. The molecule has 0 saturated carbocycles. The van der Waals surface area contributed by atoms with E-state index in [0.29, 0.717) is 12.0 Å². The minimum atomic E-state index is -0.451. The van der Waals surface area contributed by atoms with Gasteiger partial charge in [0.25, 0.3) is 5.91 Å². The van der Waals surface area contributed by atoms with E-state index >= 15 is 0 Å². The Labute approximate surface area is 161 Å². The van der Waals surface area contributed by atoms with Gasteiger partial charge in [0.05, 0.1) is 0 Å². The zero-order valence-corrected chi connectivity index (χ0v) is 17.0. The van der Waals surface area contributed by atoms with Crippen molar-refractivity contribution in [2.24, 2.45) is 0 Å². The van der Waals surface area contributed by atoms with E-state index in [1.165, 1.54) is 0 Å². The van der Waals surface area contributed by atoms with E-state index in [-0.39, 0.29) is 11.8 Å². The lowest BCUT2D eigenvalue weighted by Gasteiger charge is -2.36. The first-order chi connectivity index (χ1) is 12.5. The highest BCUT2D eigenvalue weighted by Crippen LogP contribution is 2.11. The van der Waals surface area contributed by atoms with Crippen molar-refractivity contribution in [3.05, 3.63) is 35.4 Å². The molecule has 5 nitrogen and oxygen atoms in total. The summed E-state index contributed by atoms with van der Waals surface area (Å²) in [6.07, 6.45) is 3.82. The summed E-state index contributed by atoms with van der Waals surface area (Å²) < 4.78 is 0. The smallest absolute Gasteiger partial charge is 0.251 e. The third-order valence-corrected chi connectivity index (χ3v) is 5.36. The fourth-order valence-electron chi connectivity index (χ4n) is 3.25. The molecule has 26 heavy (non-hydrogen) atoms. The van der Waals surface area contributed by atoms with Crippen LogP contribution in [0.1, 0.15) is 35.7 Å². The fourth-order valence-corrected chi connectivity index (χ4v) is 3.72. The van der Waals surface area contributed by atoms with Gasteiger partial charge in [-0.25, -0.2) is 0 Å². The third-order valence-electron chi connectivity index (χ3n) is 4.72. The van der Waals surface area contributed by atoms with Crippen LogP contribution in [0.5, 0.6) is 0 Å². The van der Waals surface area contributed by atoms with Crippen LogP contribution in [0.15, 0.2) is 24.3 Å². The van der Waals surface area contributed by atoms with Crippen LogP contribution in [0.3, 0.4) is 0 Å². The molecule has 2 rings (SSSR count). The van der Waals surface area contributed by atoms with Crippen molar-refractivity contribution in [1.82, 2.24) is 15.1 Å². The van der Waals surface area contributed by atoms with Crippen LogP contribution in [0.4, 0.5) is 0 Å². The Bertz CT molecular complexity index is 600. The van der Waals surface area contributed by atoms with Crippen LogP contribution in [0.25, 0.3) is 0 Å². The van der Waals surface area contributed by atoms with Crippen molar-refractivity contribution in [1.29, 1.82) is 0 Å². The van der Waals surface area contributed by atoms with Gasteiger partial charge in [-0.2, -0.15) is 11.8 Å². The maximum atomic E-state index is 13.0. The van der Waals surface area contributed by atoms with Gasteiger partial charge in [-0.3, -0.25) is 14.5 Å². The van der Waals surface area contributed by atoms with Crippen LogP contribution in [0.2, 0.25) is 0 Å². The zero-order chi connectivity index (χ0) is 18.9. The molecule has 1 fully saturated rings. The summed E-state index contributed by atoms with van der Waals surface area (Å²) in [5.41, 5.74) is 1.65. The molecular formula is C20H31N3O2S. The average molecular weight is 378 g/mol. The van der Waals surface area contributed by atoms with Crippen molar-refractivity contribution < 1.29 is 9.59 Å². The first kappa shape index (κ1) is 20.8. The molecule has 0 aromatic heterocycles. The summed E-state index contributed by atoms with van der Waals surface area (Å²) in [6, 6.07) is 7.03. The highest BCUT2D eigenvalue weighted by Gasteiger charge is 2.28. The molecule has 2 amide bonds. The van der Waals surface area contributed by atoms with Crippen molar-refractivity contribution >= 4 is 23.6 Å². The maximum Gasteiger partial charge on any atom is 0.251 e. The Kier molecular flexibility index (Phi) is 8.45. The van der Waals surface area contributed by atoms with E-state index in [0.717, 1.165) is 50.5 Å². The Morgan fingerprint density at radius 3 is 2.58 bits per heavy atom. The average Bonchev–Trinajstić information content (AvgIpc) is 2.65. The number of benzene rings is 1. The van der Waals surface area contributed by atoms with E-state index in [1.807, 2.05) is 36.3 Å². The van der Waals surface area contributed by atoms with Crippen molar-refractivity contribution in [3.63, 3.8) is 0 Å². The molecule has 1 N–H and O–H groups in total. The molecule has 0 spiro atoms. The molecule has 1 atom stereocenters. The third kappa shape index (κ3) is 6.02. The number of amides is 2. The predicted octanol–water partition coefficient (Wildman–Crippen LogP) is 2.40. The van der Waals surface area contributed by atoms with E-state index < -0.39 is 6.04 Å². The number of aryl methyl sites for hydroxylation is 1. The van der Waals surface area contributed by atoms with Gasteiger partial charge in [-0.1, -0.05) is 24.6 Å². The fraction of sp³-hybridized carbons (Fsp3) is 0.600. The number of carbonyl (C=O) groups is 2. The number of thioether (sulfide) groups is 1. The van der Waals surface area contributed by atoms with Gasteiger partial charge in [-0.05, 0) is 50.5 Å².